The van der Waals surface area contributed by atoms with Crippen LogP contribution in [0.4, 0.5) is 19.0 Å². The molecule has 1 amide bonds. The highest BCUT2D eigenvalue weighted by Crippen LogP contribution is 2.35. The zero-order valence-corrected chi connectivity index (χ0v) is 16.1. The van der Waals surface area contributed by atoms with Crippen LogP contribution in [-0.4, -0.2) is 41.3 Å². The molecule has 0 unspecified atom stereocenters. The normalized spacial score (nSPS) is 14.4. The SMILES string of the molecule is O=C1CN(c2ccc(CC(=O)c3oc(-c4ccccc4)nc3C(F)(F)F)cn2)CCN1. The molecule has 1 N–H and O–H groups in total. The number of nitrogens with one attached hydrogen (secondary N) is 1. The highest BCUT2D eigenvalue weighted by molar-refractivity contribution is 5.96. The Balaban J connectivity index is 1.55. The lowest BCUT2D eigenvalue weighted by molar-refractivity contribution is -0.141. The summed E-state index contributed by atoms with van der Waals surface area (Å²) in [6.07, 6.45) is -3.76. The van der Waals surface area contributed by atoms with Crippen molar-refractivity contribution in [3.8, 4) is 11.5 Å². The number of rotatable bonds is 5. The van der Waals surface area contributed by atoms with Gasteiger partial charge in [-0.1, -0.05) is 24.3 Å². The van der Waals surface area contributed by atoms with Crippen molar-refractivity contribution in [1.82, 2.24) is 15.3 Å². The number of aromatic nitrogens is 2. The number of halogens is 3. The van der Waals surface area contributed by atoms with Crippen LogP contribution in [0.2, 0.25) is 0 Å². The van der Waals surface area contributed by atoms with Crippen LogP contribution >= 0.6 is 0 Å². The first-order valence-electron chi connectivity index (χ1n) is 9.44. The summed E-state index contributed by atoms with van der Waals surface area (Å²) in [4.78, 5) is 33.7. The van der Waals surface area contributed by atoms with Crippen LogP contribution in [-0.2, 0) is 17.4 Å². The van der Waals surface area contributed by atoms with Crippen LogP contribution in [0.25, 0.3) is 11.5 Å². The maximum atomic E-state index is 13.4. The molecule has 3 aromatic rings. The van der Waals surface area contributed by atoms with E-state index >= 15 is 0 Å². The number of piperazine rings is 1. The summed E-state index contributed by atoms with van der Waals surface area (Å²) in [5.41, 5.74) is -0.593. The molecule has 31 heavy (non-hydrogen) atoms. The molecule has 0 spiro atoms. The second-order valence-corrected chi connectivity index (χ2v) is 6.96. The predicted octanol–water partition coefficient (Wildman–Crippen LogP) is 3.12. The van der Waals surface area contributed by atoms with Gasteiger partial charge in [0.25, 0.3) is 0 Å². The molecule has 160 valence electrons. The van der Waals surface area contributed by atoms with Gasteiger partial charge in [-0.15, -0.1) is 0 Å². The Morgan fingerprint density at radius 1 is 1.16 bits per heavy atom. The van der Waals surface area contributed by atoms with Gasteiger partial charge in [0, 0.05) is 31.3 Å². The van der Waals surface area contributed by atoms with Gasteiger partial charge in [-0.05, 0) is 23.8 Å². The lowest BCUT2D eigenvalue weighted by Gasteiger charge is -2.27. The number of amides is 1. The van der Waals surface area contributed by atoms with E-state index in [-0.39, 0.29) is 24.8 Å². The van der Waals surface area contributed by atoms with E-state index in [0.29, 0.717) is 30.0 Å². The van der Waals surface area contributed by atoms with E-state index in [4.69, 9.17) is 4.42 Å². The average molecular weight is 430 g/mol. The van der Waals surface area contributed by atoms with Crippen LogP contribution in [0.1, 0.15) is 21.8 Å². The number of carbonyl (C=O) groups excluding carboxylic acids is 2. The highest BCUT2D eigenvalue weighted by Gasteiger charge is 2.41. The molecule has 4 rings (SSSR count). The van der Waals surface area contributed by atoms with E-state index in [1.807, 2.05) is 0 Å². The van der Waals surface area contributed by atoms with Crippen molar-refractivity contribution in [2.45, 2.75) is 12.6 Å². The number of anilines is 1. The smallest absolute Gasteiger partial charge is 0.432 e. The second kappa shape index (κ2) is 8.21. The molecular formula is C21H17F3N4O3. The number of hydrogen-bond acceptors (Lipinski definition) is 6. The molecule has 1 aliphatic rings. The van der Waals surface area contributed by atoms with Crippen molar-refractivity contribution in [2.24, 2.45) is 0 Å². The summed E-state index contributed by atoms with van der Waals surface area (Å²) >= 11 is 0. The molecule has 7 nitrogen and oxygen atoms in total. The van der Waals surface area contributed by atoms with Crippen LogP contribution in [0.5, 0.6) is 0 Å². The third-order valence-corrected chi connectivity index (χ3v) is 4.71. The van der Waals surface area contributed by atoms with Crippen LogP contribution < -0.4 is 10.2 Å². The van der Waals surface area contributed by atoms with E-state index in [2.05, 4.69) is 15.3 Å². The topological polar surface area (TPSA) is 88.3 Å². The Bertz CT molecular complexity index is 1100. The highest BCUT2D eigenvalue weighted by atomic mass is 19.4. The molecule has 1 fully saturated rings. The van der Waals surface area contributed by atoms with E-state index < -0.39 is 23.4 Å². The summed E-state index contributed by atoms with van der Waals surface area (Å²) in [5, 5.41) is 2.71. The standard InChI is InChI=1S/C21H17F3N4O3/c22-21(23,24)19-18(31-20(27-19)14-4-2-1-3-5-14)15(29)10-13-6-7-16(26-11-13)28-9-8-25-17(30)12-28/h1-7,11H,8-10,12H2,(H,25,30). The van der Waals surface area contributed by atoms with Crippen molar-refractivity contribution >= 4 is 17.5 Å². The molecule has 0 aliphatic carbocycles. The molecule has 0 bridgehead atoms. The van der Waals surface area contributed by atoms with Crippen molar-refractivity contribution in [3.63, 3.8) is 0 Å². The van der Waals surface area contributed by atoms with Crippen LogP contribution in [0, 0.1) is 0 Å². The summed E-state index contributed by atoms with van der Waals surface area (Å²) < 4.78 is 45.6. The minimum atomic E-state index is -4.83. The first-order chi connectivity index (χ1) is 14.8. The van der Waals surface area contributed by atoms with Crippen LogP contribution in [0.3, 0.4) is 0 Å². The lowest BCUT2D eigenvalue weighted by atomic mass is 10.1. The molecule has 3 heterocycles. The lowest BCUT2D eigenvalue weighted by Crippen LogP contribution is -2.48. The zero-order chi connectivity index (χ0) is 22.0. The third-order valence-electron chi connectivity index (χ3n) is 4.71. The number of oxazole rings is 1. The number of benzene rings is 1. The minimum Gasteiger partial charge on any atom is -0.432 e. The number of ketones is 1. The van der Waals surface area contributed by atoms with Gasteiger partial charge in [0.2, 0.25) is 23.3 Å². The number of hydrogen-bond donors (Lipinski definition) is 1. The number of carbonyl (C=O) groups is 2. The summed E-state index contributed by atoms with van der Waals surface area (Å²) in [6, 6.07) is 11.3. The molecule has 0 radical (unpaired) electrons. The Kier molecular flexibility index (Phi) is 5.45. The summed E-state index contributed by atoms with van der Waals surface area (Å²) in [5.74, 6) is -1.52. The van der Waals surface area contributed by atoms with Gasteiger partial charge in [0.15, 0.2) is 5.69 Å². The van der Waals surface area contributed by atoms with Crippen molar-refractivity contribution in [2.75, 3.05) is 24.5 Å². The maximum Gasteiger partial charge on any atom is 0.437 e. The fourth-order valence-electron chi connectivity index (χ4n) is 3.21. The summed E-state index contributed by atoms with van der Waals surface area (Å²) in [7, 11) is 0. The third kappa shape index (κ3) is 4.57. The van der Waals surface area contributed by atoms with E-state index in [1.54, 1.807) is 47.4 Å². The number of pyridine rings is 1. The fraction of sp³-hybridized carbons (Fsp3) is 0.238. The largest absolute Gasteiger partial charge is 0.437 e. The van der Waals surface area contributed by atoms with Crippen molar-refractivity contribution in [3.05, 3.63) is 65.7 Å². The zero-order valence-electron chi connectivity index (χ0n) is 16.1. The van der Waals surface area contributed by atoms with Crippen molar-refractivity contribution in [1.29, 1.82) is 0 Å². The van der Waals surface area contributed by atoms with Gasteiger partial charge in [0.05, 0.1) is 6.54 Å². The van der Waals surface area contributed by atoms with Gasteiger partial charge in [-0.2, -0.15) is 13.2 Å². The fourth-order valence-corrected chi connectivity index (χ4v) is 3.21. The average Bonchev–Trinajstić information content (AvgIpc) is 3.21. The maximum absolute atomic E-state index is 13.4. The van der Waals surface area contributed by atoms with Gasteiger partial charge in [0.1, 0.15) is 5.82 Å². The van der Waals surface area contributed by atoms with E-state index in [0.717, 1.165) is 0 Å². The second-order valence-electron chi connectivity index (χ2n) is 6.96. The molecule has 10 heteroatoms. The molecule has 1 aliphatic heterocycles. The quantitative estimate of drug-likeness (QED) is 0.626. The molecule has 0 saturated carbocycles. The van der Waals surface area contributed by atoms with Gasteiger partial charge < -0.3 is 14.6 Å². The molecule has 2 aromatic heterocycles. The van der Waals surface area contributed by atoms with Gasteiger partial charge in [-0.25, -0.2) is 9.97 Å². The number of nitrogens with zero attached hydrogens (tertiary/aromatic N) is 3. The van der Waals surface area contributed by atoms with Crippen LogP contribution in [0.15, 0.2) is 53.1 Å². The first-order valence-corrected chi connectivity index (χ1v) is 9.44. The van der Waals surface area contributed by atoms with Crippen molar-refractivity contribution < 1.29 is 27.2 Å². The Morgan fingerprint density at radius 2 is 1.94 bits per heavy atom. The Hall–Kier alpha value is -3.69. The number of Topliss-reactive ketones (excluding diaryl/α,β-unsaturated/α-hetero) is 1. The predicted molar refractivity (Wildman–Crippen MR) is 104 cm³/mol. The minimum absolute atomic E-state index is 0.119. The monoisotopic (exact) mass is 430 g/mol. The first kappa shape index (κ1) is 20.6. The van der Waals surface area contributed by atoms with Gasteiger partial charge >= 0.3 is 6.18 Å². The Labute approximate surface area is 174 Å². The van der Waals surface area contributed by atoms with E-state index in [9.17, 15) is 22.8 Å². The molecule has 1 saturated heterocycles. The number of alkyl halides is 3. The van der Waals surface area contributed by atoms with Gasteiger partial charge in [-0.3, -0.25) is 9.59 Å². The van der Waals surface area contributed by atoms with E-state index in [1.165, 1.54) is 6.20 Å². The molecule has 1 aromatic carbocycles. The molecular weight excluding hydrogens is 413 g/mol. The Morgan fingerprint density at radius 3 is 2.58 bits per heavy atom. The molecule has 0 atom stereocenters. The summed E-state index contributed by atoms with van der Waals surface area (Å²) in [6.45, 7) is 1.25.